The molecule has 0 aromatic carbocycles. The minimum Gasteiger partial charge on any atom is -0.298 e. The summed E-state index contributed by atoms with van der Waals surface area (Å²) < 4.78 is 1.66. The van der Waals surface area contributed by atoms with E-state index in [4.69, 9.17) is 0 Å². The first-order valence-electron chi connectivity index (χ1n) is 5.24. The van der Waals surface area contributed by atoms with Gasteiger partial charge in [0.25, 0.3) is 0 Å². The van der Waals surface area contributed by atoms with Crippen LogP contribution in [-0.2, 0) is 5.41 Å². The predicted molar refractivity (Wildman–Crippen MR) is 61.8 cm³/mol. The first-order valence-corrected chi connectivity index (χ1v) is 5.24. The second kappa shape index (κ2) is 3.40. The molecule has 2 aromatic heterocycles. The molecule has 0 aliphatic rings. The predicted octanol–water partition coefficient (Wildman–Crippen LogP) is 2.15. The summed E-state index contributed by atoms with van der Waals surface area (Å²) in [5.41, 5.74) is 2.28. The van der Waals surface area contributed by atoms with Crippen LogP contribution in [0.25, 0.3) is 5.65 Å². The van der Waals surface area contributed by atoms with Crippen molar-refractivity contribution >= 4 is 11.9 Å². The molecule has 2 aromatic rings. The average Bonchev–Trinajstić information content (AvgIpc) is 2.58. The van der Waals surface area contributed by atoms with Gasteiger partial charge in [0.1, 0.15) is 0 Å². The molecule has 0 spiro atoms. The van der Waals surface area contributed by atoms with Crippen LogP contribution in [0.2, 0.25) is 0 Å². The van der Waals surface area contributed by atoms with E-state index in [0.717, 1.165) is 23.3 Å². The Bertz CT molecular complexity index is 549. The molecule has 0 atom stereocenters. The molecule has 2 heterocycles. The molecule has 0 amide bonds. The van der Waals surface area contributed by atoms with Crippen LogP contribution in [0.15, 0.2) is 12.3 Å². The second-order valence-corrected chi connectivity index (χ2v) is 5.02. The highest BCUT2D eigenvalue weighted by Gasteiger charge is 2.19. The number of hydrogen-bond donors (Lipinski definition) is 0. The van der Waals surface area contributed by atoms with Gasteiger partial charge in [-0.05, 0) is 18.6 Å². The molecular formula is C12H15N3O. The summed E-state index contributed by atoms with van der Waals surface area (Å²) in [6.07, 6.45) is 2.56. The second-order valence-electron chi connectivity index (χ2n) is 5.02. The molecule has 0 aliphatic heterocycles. The molecule has 0 bridgehead atoms. The van der Waals surface area contributed by atoms with Crippen molar-refractivity contribution < 1.29 is 4.79 Å². The molecule has 0 saturated carbocycles. The Morgan fingerprint density at radius 3 is 2.62 bits per heavy atom. The molecule has 4 nitrogen and oxygen atoms in total. The highest BCUT2D eigenvalue weighted by molar-refractivity contribution is 5.77. The minimum atomic E-state index is -0.0821. The molecule has 0 unspecified atom stereocenters. The van der Waals surface area contributed by atoms with Gasteiger partial charge in [0.2, 0.25) is 0 Å². The van der Waals surface area contributed by atoms with Gasteiger partial charge in [-0.2, -0.15) is 5.10 Å². The molecule has 0 radical (unpaired) electrons. The Morgan fingerprint density at radius 1 is 1.38 bits per heavy atom. The van der Waals surface area contributed by atoms with Gasteiger partial charge in [0.05, 0.1) is 0 Å². The zero-order valence-electron chi connectivity index (χ0n) is 9.98. The quantitative estimate of drug-likeness (QED) is 0.687. The fourth-order valence-corrected chi connectivity index (χ4v) is 1.48. The first kappa shape index (κ1) is 10.8. The summed E-state index contributed by atoms with van der Waals surface area (Å²) in [4.78, 5) is 15.3. The summed E-state index contributed by atoms with van der Waals surface area (Å²) in [7, 11) is 0. The first-order chi connectivity index (χ1) is 7.41. The third-order valence-corrected chi connectivity index (χ3v) is 2.52. The van der Waals surface area contributed by atoms with Crippen LogP contribution in [0.3, 0.4) is 0 Å². The number of carbonyl (C=O) groups is 1. The van der Waals surface area contributed by atoms with Crippen LogP contribution in [0.1, 0.15) is 42.5 Å². The lowest BCUT2D eigenvalue weighted by Crippen LogP contribution is -2.13. The molecule has 16 heavy (non-hydrogen) atoms. The number of aromatic nitrogens is 3. The Kier molecular flexibility index (Phi) is 2.30. The minimum absolute atomic E-state index is 0.0821. The molecule has 4 heteroatoms. The standard InChI is InChI=1S/C12H15N3O/c1-8-5-10-13-11(12(2,3)4)14-15(10)6-9(8)7-16/h5-7H,1-4H3. The van der Waals surface area contributed by atoms with Crippen molar-refractivity contribution in [2.24, 2.45) is 0 Å². The van der Waals surface area contributed by atoms with Crippen LogP contribution in [0.5, 0.6) is 0 Å². The maximum atomic E-state index is 10.8. The molecular weight excluding hydrogens is 202 g/mol. The molecule has 0 saturated heterocycles. The normalized spacial score (nSPS) is 12.0. The molecule has 0 N–H and O–H groups in total. The Balaban J connectivity index is 2.67. The molecule has 2 rings (SSSR count). The molecule has 0 aliphatic carbocycles. The number of nitrogens with zero attached hydrogens (tertiary/aromatic N) is 3. The van der Waals surface area contributed by atoms with E-state index in [9.17, 15) is 4.79 Å². The lowest BCUT2D eigenvalue weighted by atomic mass is 9.96. The average molecular weight is 217 g/mol. The Morgan fingerprint density at radius 2 is 2.06 bits per heavy atom. The van der Waals surface area contributed by atoms with Gasteiger partial charge in [0, 0.05) is 17.2 Å². The third-order valence-electron chi connectivity index (χ3n) is 2.52. The fraction of sp³-hybridized carbons (Fsp3) is 0.417. The zero-order valence-corrected chi connectivity index (χ0v) is 9.98. The van der Waals surface area contributed by atoms with E-state index in [0.29, 0.717) is 5.56 Å². The number of pyridine rings is 1. The lowest BCUT2D eigenvalue weighted by Gasteiger charge is -2.11. The van der Waals surface area contributed by atoms with Gasteiger partial charge in [0.15, 0.2) is 17.8 Å². The maximum Gasteiger partial charge on any atom is 0.157 e. The van der Waals surface area contributed by atoms with Crippen LogP contribution in [0, 0.1) is 6.92 Å². The van der Waals surface area contributed by atoms with Crippen molar-refractivity contribution in [2.45, 2.75) is 33.1 Å². The van der Waals surface area contributed by atoms with E-state index in [-0.39, 0.29) is 5.41 Å². The number of aldehydes is 1. The van der Waals surface area contributed by atoms with E-state index in [1.807, 2.05) is 13.0 Å². The van der Waals surface area contributed by atoms with E-state index >= 15 is 0 Å². The van der Waals surface area contributed by atoms with E-state index in [1.165, 1.54) is 0 Å². The summed E-state index contributed by atoms with van der Waals surface area (Å²) in [6, 6.07) is 1.88. The van der Waals surface area contributed by atoms with Crippen LogP contribution < -0.4 is 0 Å². The number of fused-ring (bicyclic) bond motifs is 1. The van der Waals surface area contributed by atoms with E-state index in [1.54, 1.807) is 10.7 Å². The SMILES string of the molecule is Cc1cc2nc(C(C)(C)C)nn2cc1C=O. The van der Waals surface area contributed by atoms with Crippen molar-refractivity contribution in [3.63, 3.8) is 0 Å². The number of aryl methyl sites for hydroxylation is 1. The zero-order chi connectivity index (χ0) is 11.9. The van der Waals surface area contributed by atoms with Gasteiger partial charge in [-0.25, -0.2) is 9.50 Å². The van der Waals surface area contributed by atoms with E-state index < -0.39 is 0 Å². The Labute approximate surface area is 94.3 Å². The summed E-state index contributed by atoms with van der Waals surface area (Å²) >= 11 is 0. The monoisotopic (exact) mass is 217 g/mol. The number of hydrogen-bond acceptors (Lipinski definition) is 3. The van der Waals surface area contributed by atoms with Gasteiger partial charge >= 0.3 is 0 Å². The summed E-state index contributed by atoms with van der Waals surface area (Å²) in [6.45, 7) is 8.09. The van der Waals surface area contributed by atoms with Crippen LogP contribution in [-0.4, -0.2) is 20.9 Å². The number of rotatable bonds is 1. The largest absolute Gasteiger partial charge is 0.298 e. The highest BCUT2D eigenvalue weighted by Crippen LogP contribution is 2.19. The van der Waals surface area contributed by atoms with Crippen molar-refractivity contribution in [1.29, 1.82) is 0 Å². The maximum absolute atomic E-state index is 10.8. The van der Waals surface area contributed by atoms with Crippen molar-refractivity contribution in [1.82, 2.24) is 14.6 Å². The topological polar surface area (TPSA) is 47.3 Å². The van der Waals surface area contributed by atoms with Crippen LogP contribution >= 0.6 is 0 Å². The molecule has 0 fully saturated rings. The van der Waals surface area contributed by atoms with Crippen molar-refractivity contribution in [3.8, 4) is 0 Å². The summed E-state index contributed by atoms with van der Waals surface area (Å²) in [5.74, 6) is 0.787. The van der Waals surface area contributed by atoms with Crippen molar-refractivity contribution in [2.75, 3.05) is 0 Å². The van der Waals surface area contributed by atoms with Gasteiger partial charge < -0.3 is 0 Å². The smallest absolute Gasteiger partial charge is 0.157 e. The van der Waals surface area contributed by atoms with Gasteiger partial charge in [-0.3, -0.25) is 4.79 Å². The lowest BCUT2D eigenvalue weighted by molar-refractivity contribution is 0.112. The van der Waals surface area contributed by atoms with Gasteiger partial charge in [-0.15, -0.1) is 0 Å². The Hall–Kier alpha value is -1.71. The van der Waals surface area contributed by atoms with Crippen molar-refractivity contribution in [3.05, 3.63) is 29.2 Å². The van der Waals surface area contributed by atoms with Crippen LogP contribution in [0.4, 0.5) is 0 Å². The summed E-state index contributed by atoms with van der Waals surface area (Å²) in [5, 5.41) is 4.38. The highest BCUT2D eigenvalue weighted by atomic mass is 16.1. The number of carbonyl (C=O) groups excluding carboxylic acids is 1. The molecule has 84 valence electrons. The third kappa shape index (κ3) is 1.71. The van der Waals surface area contributed by atoms with E-state index in [2.05, 4.69) is 30.9 Å². The fourth-order valence-electron chi connectivity index (χ4n) is 1.48. The van der Waals surface area contributed by atoms with Gasteiger partial charge in [-0.1, -0.05) is 20.8 Å².